The van der Waals surface area contributed by atoms with Gasteiger partial charge in [-0.05, 0) is 19.3 Å². The molecule has 1 saturated heterocycles. The maximum atomic E-state index is 10.9. The topological polar surface area (TPSA) is 52.6 Å². The molecule has 0 saturated carbocycles. The molecule has 2 N–H and O–H groups in total. The van der Waals surface area contributed by atoms with Crippen molar-refractivity contribution in [2.45, 2.75) is 26.2 Å². The van der Waals surface area contributed by atoms with Crippen molar-refractivity contribution in [2.24, 2.45) is 0 Å². The molecule has 0 aromatic rings. The largest absolute Gasteiger partial charge is 0.376 e. The minimum atomic E-state index is -0.145. The molecular weight excluding hydrogens is 168 g/mol. The maximum Gasteiger partial charge on any atom is 0.179 e. The minimum Gasteiger partial charge on any atom is -0.376 e. The van der Waals surface area contributed by atoms with Crippen LogP contribution in [-0.2, 0) is 4.79 Å². The van der Waals surface area contributed by atoms with Crippen LogP contribution in [0.25, 0.3) is 0 Å². The number of hydrogen-bond acceptors (Lipinski definition) is 4. The van der Waals surface area contributed by atoms with Crippen LogP contribution >= 0.6 is 0 Å². The molecule has 0 bridgehead atoms. The van der Waals surface area contributed by atoms with Crippen LogP contribution in [0.5, 0.6) is 0 Å². The van der Waals surface area contributed by atoms with E-state index in [0.29, 0.717) is 0 Å². The summed E-state index contributed by atoms with van der Waals surface area (Å²) in [6.45, 7) is 3.37. The van der Waals surface area contributed by atoms with Crippen molar-refractivity contribution in [1.82, 2.24) is 10.4 Å². The number of piperidine rings is 1. The predicted octanol–water partition coefficient (Wildman–Crippen LogP) is 0.881. The number of carbonyl (C=O) groups is 1. The molecular formula is C9H16N2O2. The number of carbonyl (C=O) groups excluding carboxylic acids is 1. The van der Waals surface area contributed by atoms with E-state index in [4.69, 9.17) is 5.21 Å². The molecule has 1 fully saturated rings. The average molecular weight is 184 g/mol. The third-order valence-corrected chi connectivity index (χ3v) is 2.20. The van der Waals surface area contributed by atoms with Gasteiger partial charge in [-0.25, -0.2) is 0 Å². The summed E-state index contributed by atoms with van der Waals surface area (Å²) in [6, 6.07) is 0. The fourth-order valence-electron chi connectivity index (χ4n) is 1.43. The Balaban J connectivity index is 2.54. The van der Waals surface area contributed by atoms with Crippen LogP contribution in [-0.4, -0.2) is 29.0 Å². The molecule has 0 amide bonds. The van der Waals surface area contributed by atoms with Crippen LogP contribution in [0.15, 0.2) is 11.9 Å². The van der Waals surface area contributed by atoms with Crippen LogP contribution in [0.2, 0.25) is 0 Å². The summed E-state index contributed by atoms with van der Waals surface area (Å²) in [5.74, 6) is -0.145. The van der Waals surface area contributed by atoms with Crippen LogP contribution in [0.3, 0.4) is 0 Å². The molecule has 13 heavy (non-hydrogen) atoms. The van der Waals surface area contributed by atoms with Gasteiger partial charge < -0.3 is 4.90 Å². The fraction of sp³-hybridized carbons (Fsp3) is 0.667. The van der Waals surface area contributed by atoms with Crippen molar-refractivity contribution >= 4 is 5.78 Å². The van der Waals surface area contributed by atoms with Crippen LogP contribution in [0.4, 0.5) is 0 Å². The summed E-state index contributed by atoms with van der Waals surface area (Å²) < 4.78 is 0. The van der Waals surface area contributed by atoms with Gasteiger partial charge in [-0.3, -0.25) is 15.5 Å². The fourth-order valence-corrected chi connectivity index (χ4v) is 1.43. The van der Waals surface area contributed by atoms with Gasteiger partial charge in [0.2, 0.25) is 0 Å². The van der Waals surface area contributed by atoms with E-state index in [9.17, 15) is 4.79 Å². The Bertz CT molecular complexity index is 208. The van der Waals surface area contributed by atoms with Gasteiger partial charge in [-0.15, -0.1) is 0 Å². The lowest BCUT2D eigenvalue weighted by Crippen LogP contribution is -2.27. The minimum absolute atomic E-state index is 0.145. The molecule has 1 aliphatic rings. The van der Waals surface area contributed by atoms with E-state index in [1.165, 1.54) is 13.3 Å². The number of nitrogens with zero attached hydrogens (tertiary/aromatic N) is 1. The highest BCUT2D eigenvalue weighted by molar-refractivity contribution is 5.92. The number of hydroxylamine groups is 1. The lowest BCUT2D eigenvalue weighted by atomic mass is 10.1. The van der Waals surface area contributed by atoms with Gasteiger partial charge in [0.25, 0.3) is 0 Å². The Hall–Kier alpha value is -1.03. The summed E-state index contributed by atoms with van der Waals surface area (Å²) in [7, 11) is 0. The Kier molecular flexibility index (Phi) is 3.76. The quantitative estimate of drug-likeness (QED) is 0.505. The number of likely N-dealkylation sites (tertiary alicyclic amines) is 1. The number of ketones is 1. The number of hydrogen-bond donors (Lipinski definition) is 2. The predicted molar refractivity (Wildman–Crippen MR) is 49.1 cm³/mol. The molecule has 1 rings (SSSR count). The van der Waals surface area contributed by atoms with Crippen molar-refractivity contribution in [2.75, 3.05) is 13.1 Å². The number of rotatable bonds is 3. The molecule has 0 aromatic heterocycles. The average Bonchev–Trinajstić information content (AvgIpc) is 2.15. The summed E-state index contributed by atoms with van der Waals surface area (Å²) in [6.07, 6.45) is 5.27. The third-order valence-electron chi connectivity index (χ3n) is 2.20. The maximum absolute atomic E-state index is 10.9. The Labute approximate surface area is 78.2 Å². The highest BCUT2D eigenvalue weighted by Gasteiger charge is 2.09. The Morgan fingerprint density at radius 3 is 2.46 bits per heavy atom. The van der Waals surface area contributed by atoms with Gasteiger partial charge >= 0.3 is 0 Å². The van der Waals surface area contributed by atoms with Crippen molar-refractivity contribution < 1.29 is 10.0 Å². The second-order valence-corrected chi connectivity index (χ2v) is 3.31. The first kappa shape index (κ1) is 10.1. The second-order valence-electron chi connectivity index (χ2n) is 3.31. The first-order chi connectivity index (χ1) is 6.24. The lowest BCUT2D eigenvalue weighted by Gasteiger charge is -2.25. The van der Waals surface area contributed by atoms with Gasteiger partial charge in [0, 0.05) is 26.2 Å². The summed E-state index contributed by atoms with van der Waals surface area (Å²) >= 11 is 0. The Morgan fingerprint density at radius 1 is 1.38 bits per heavy atom. The van der Waals surface area contributed by atoms with Crippen molar-refractivity contribution in [3.63, 3.8) is 0 Å². The monoisotopic (exact) mass is 184 g/mol. The third kappa shape index (κ3) is 3.06. The first-order valence-electron chi connectivity index (χ1n) is 4.61. The molecule has 1 aliphatic heterocycles. The number of allylic oxidation sites excluding steroid dienone is 1. The van der Waals surface area contributed by atoms with Gasteiger partial charge in [-0.2, -0.15) is 0 Å². The van der Waals surface area contributed by atoms with E-state index >= 15 is 0 Å². The standard InChI is InChI=1S/C9H16N2O2/c1-8(12)9(10-13)7-11-5-3-2-4-6-11/h7,10,13H,2-6H2,1H3. The first-order valence-corrected chi connectivity index (χ1v) is 4.61. The second kappa shape index (κ2) is 4.87. The SMILES string of the molecule is CC(=O)C(=CN1CCCCC1)NO. The molecule has 0 atom stereocenters. The molecule has 74 valence electrons. The van der Waals surface area contributed by atoms with E-state index < -0.39 is 0 Å². The molecule has 0 aliphatic carbocycles. The zero-order valence-electron chi connectivity index (χ0n) is 7.92. The van der Waals surface area contributed by atoms with E-state index in [2.05, 4.69) is 4.90 Å². The normalized spacial score (nSPS) is 18.6. The van der Waals surface area contributed by atoms with Gasteiger partial charge in [0.15, 0.2) is 5.78 Å². The van der Waals surface area contributed by atoms with Crippen LogP contribution in [0, 0.1) is 0 Å². The van der Waals surface area contributed by atoms with E-state index in [0.717, 1.165) is 25.9 Å². The van der Waals surface area contributed by atoms with Gasteiger partial charge in [-0.1, -0.05) is 0 Å². The van der Waals surface area contributed by atoms with Gasteiger partial charge in [0.1, 0.15) is 5.70 Å². The van der Waals surface area contributed by atoms with Crippen LogP contribution in [0.1, 0.15) is 26.2 Å². The molecule has 0 aromatic carbocycles. The molecule has 0 unspecified atom stereocenters. The summed E-state index contributed by atoms with van der Waals surface area (Å²) in [5.41, 5.74) is 2.18. The zero-order valence-corrected chi connectivity index (χ0v) is 7.92. The molecule has 1 heterocycles. The number of nitrogens with one attached hydrogen (secondary N) is 1. The molecule has 0 radical (unpaired) electrons. The smallest absolute Gasteiger partial charge is 0.179 e. The molecule has 0 spiro atoms. The number of Topliss-reactive ketones (excluding diaryl/α,β-unsaturated/α-hetero) is 1. The van der Waals surface area contributed by atoms with E-state index in [-0.39, 0.29) is 11.5 Å². The van der Waals surface area contributed by atoms with Crippen molar-refractivity contribution in [3.8, 4) is 0 Å². The molecule has 4 heteroatoms. The van der Waals surface area contributed by atoms with E-state index in [1.807, 2.05) is 5.48 Å². The summed E-state index contributed by atoms with van der Waals surface area (Å²) in [4.78, 5) is 13.0. The van der Waals surface area contributed by atoms with Crippen molar-refractivity contribution in [3.05, 3.63) is 11.9 Å². The lowest BCUT2D eigenvalue weighted by molar-refractivity contribution is -0.114. The highest BCUT2D eigenvalue weighted by Crippen LogP contribution is 2.09. The highest BCUT2D eigenvalue weighted by atomic mass is 16.5. The summed E-state index contributed by atoms with van der Waals surface area (Å²) in [5, 5.41) is 8.66. The van der Waals surface area contributed by atoms with Gasteiger partial charge in [0.05, 0.1) is 0 Å². The van der Waals surface area contributed by atoms with Crippen molar-refractivity contribution in [1.29, 1.82) is 0 Å². The van der Waals surface area contributed by atoms with Crippen LogP contribution < -0.4 is 5.48 Å². The Morgan fingerprint density at radius 2 is 2.00 bits per heavy atom. The molecule has 4 nitrogen and oxygen atoms in total. The van der Waals surface area contributed by atoms with E-state index in [1.54, 1.807) is 6.20 Å². The zero-order chi connectivity index (χ0) is 9.68.